The van der Waals surface area contributed by atoms with Crippen LogP contribution >= 0.6 is 0 Å². The van der Waals surface area contributed by atoms with Gasteiger partial charge < -0.3 is 4.90 Å². The molecule has 0 aromatic rings. The molecule has 4 nitrogen and oxygen atoms in total. The number of hydrogen-bond donors (Lipinski definition) is 1. The Morgan fingerprint density at radius 3 is 2.36 bits per heavy atom. The first-order chi connectivity index (χ1) is 6.40. The van der Waals surface area contributed by atoms with Crippen molar-refractivity contribution in [3.8, 4) is 0 Å². The molecule has 1 aliphatic rings. The van der Waals surface area contributed by atoms with Crippen LogP contribution < -0.4 is 5.32 Å². The fraction of sp³-hybridized carbons (Fsp3) is 0.800. The summed E-state index contributed by atoms with van der Waals surface area (Å²) in [5.74, 6) is -0.195. The third-order valence-corrected chi connectivity index (χ3v) is 2.73. The number of imide groups is 1. The van der Waals surface area contributed by atoms with Crippen LogP contribution in [-0.2, 0) is 4.79 Å². The minimum atomic E-state index is -0.343. The molecule has 0 aromatic carbocycles. The number of amides is 3. The molecule has 0 saturated carbocycles. The van der Waals surface area contributed by atoms with Crippen molar-refractivity contribution in [1.82, 2.24) is 10.2 Å². The van der Waals surface area contributed by atoms with Gasteiger partial charge in [-0.1, -0.05) is 13.3 Å². The van der Waals surface area contributed by atoms with Crippen LogP contribution in [0.1, 0.15) is 40.5 Å². The average Bonchev–Trinajstić information content (AvgIpc) is 2.26. The van der Waals surface area contributed by atoms with E-state index in [4.69, 9.17) is 0 Å². The standard InChI is InChI=1S/C10H18N2O2/c1-5-6-10(3,4)12-7(2)8(13)11-9(12)14/h7H,5-6H2,1-4H3,(H,11,13,14)/t7-/m0/s1. The first-order valence-corrected chi connectivity index (χ1v) is 5.04. The lowest BCUT2D eigenvalue weighted by Crippen LogP contribution is -2.49. The lowest BCUT2D eigenvalue weighted by molar-refractivity contribution is -0.121. The fourth-order valence-corrected chi connectivity index (χ4v) is 2.09. The lowest BCUT2D eigenvalue weighted by Gasteiger charge is -2.36. The van der Waals surface area contributed by atoms with Crippen molar-refractivity contribution in [2.24, 2.45) is 0 Å². The van der Waals surface area contributed by atoms with Gasteiger partial charge in [0.05, 0.1) is 0 Å². The first kappa shape index (κ1) is 11.0. The van der Waals surface area contributed by atoms with Crippen molar-refractivity contribution in [3.05, 3.63) is 0 Å². The van der Waals surface area contributed by atoms with Crippen LogP contribution in [0.2, 0.25) is 0 Å². The molecule has 14 heavy (non-hydrogen) atoms. The van der Waals surface area contributed by atoms with Crippen molar-refractivity contribution in [3.63, 3.8) is 0 Å². The number of carbonyl (C=O) groups is 2. The minimum Gasteiger partial charge on any atom is -0.308 e. The zero-order valence-electron chi connectivity index (χ0n) is 9.26. The molecule has 1 heterocycles. The van der Waals surface area contributed by atoms with E-state index in [1.54, 1.807) is 11.8 Å². The zero-order valence-corrected chi connectivity index (χ0v) is 9.26. The maximum Gasteiger partial charge on any atom is 0.325 e. The van der Waals surface area contributed by atoms with Gasteiger partial charge in [-0.25, -0.2) is 4.79 Å². The maximum absolute atomic E-state index is 11.5. The van der Waals surface area contributed by atoms with Gasteiger partial charge in [0, 0.05) is 5.54 Å². The number of hydrogen-bond acceptors (Lipinski definition) is 2. The SMILES string of the molecule is CCCC(C)(C)N1C(=O)NC(=O)[C@@H]1C. The van der Waals surface area contributed by atoms with Gasteiger partial charge in [-0.05, 0) is 27.2 Å². The summed E-state index contributed by atoms with van der Waals surface area (Å²) in [5.41, 5.74) is -0.246. The highest BCUT2D eigenvalue weighted by Crippen LogP contribution is 2.26. The number of nitrogens with zero attached hydrogens (tertiary/aromatic N) is 1. The van der Waals surface area contributed by atoms with Crippen molar-refractivity contribution < 1.29 is 9.59 Å². The topological polar surface area (TPSA) is 49.4 Å². The highest BCUT2D eigenvalue weighted by atomic mass is 16.2. The number of nitrogens with one attached hydrogen (secondary N) is 1. The molecule has 1 fully saturated rings. The van der Waals surface area contributed by atoms with Crippen LogP contribution in [0.3, 0.4) is 0 Å². The van der Waals surface area contributed by atoms with Gasteiger partial charge in [-0.15, -0.1) is 0 Å². The van der Waals surface area contributed by atoms with Crippen LogP contribution in [0.25, 0.3) is 0 Å². The Bertz CT molecular complexity index is 261. The Labute approximate surface area is 84.7 Å². The van der Waals surface area contributed by atoms with Gasteiger partial charge in [0.15, 0.2) is 0 Å². The van der Waals surface area contributed by atoms with E-state index < -0.39 is 0 Å². The maximum atomic E-state index is 11.5. The van der Waals surface area contributed by atoms with E-state index in [1.165, 1.54) is 0 Å². The molecule has 1 N–H and O–H groups in total. The average molecular weight is 198 g/mol. The van der Waals surface area contributed by atoms with Gasteiger partial charge in [-0.2, -0.15) is 0 Å². The largest absolute Gasteiger partial charge is 0.325 e. The van der Waals surface area contributed by atoms with Gasteiger partial charge in [-0.3, -0.25) is 10.1 Å². The molecular weight excluding hydrogens is 180 g/mol. The zero-order chi connectivity index (χ0) is 10.9. The molecule has 0 bridgehead atoms. The summed E-state index contributed by atoms with van der Waals surface area (Å²) in [7, 11) is 0. The van der Waals surface area contributed by atoms with E-state index in [1.807, 2.05) is 13.8 Å². The Hall–Kier alpha value is -1.06. The summed E-state index contributed by atoms with van der Waals surface area (Å²) in [4.78, 5) is 24.4. The quantitative estimate of drug-likeness (QED) is 0.699. The minimum absolute atomic E-state index is 0.195. The monoisotopic (exact) mass is 198 g/mol. The summed E-state index contributed by atoms with van der Waals surface area (Å²) < 4.78 is 0. The summed E-state index contributed by atoms with van der Waals surface area (Å²) in [6.07, 6.45) is 1.90. The normalized spacial score (nSPS) is 22.9. The van der Waals surface area contributed by atoms with Crippen molar-refractivity contribution in [1.29, 1.82) is 0 Å². The fourth-order valence-electron chi connectivity index (χ4n) is 2.09. The first-order valence-electron chi connectivity index (χ1n) is 5.04. The Morgan fingerprint density at radius 2 is 2.00 bits per heavy atom. The van der Waals surface area contributed by atoms with E-state index >= 15 is 0 Å². The molecule has 80 valence electrons. The second kappa shape index (κ2) is 3.59. The molecule has 1 rings (SSSR count). The molecule has 1 atom stereocenters. The molecule has 3 amide bonds. The molecule has 4 heteroatoms. The Morgan fingerprint density at radius 1 is 1.43 bits per heavy atom. The molecule has 0 aromatic heterocycles. The number of carbonyl (C=O) groups excluding carboxylic acids is 2. The van der Waals surface area contributed by atoms with E-state index in [2.05, 4.69) is 12.2 Å². The van der Waals surface area contributed by atoms with Crippen molar-refractivity contribution in [2.45, 2.75) is 52.1 Å². The van der Waals surface area contributed by atoms with Gasteiger partial charge in [0.25, 0.3) is 5.91 Å². The molecule has 1 aliphatic heterocycles. The van der Waals surface area contributed by atoms with E-state index in [9.17, 15) is 9.59 Å². The second-order valence-corrected chi connectivity index (χ2v) is 4.40. The highest BCUT2D eigenvalue weighted by Gasteiger charge is 2.42. The third kappa shape index (κ3) is 1.74. The second-order valence-electron chi connectivity index (χ2n) is 4.40. The Kier molecular flexibility index (Phi) is 2.83. The summed E-state index contributed by atoms with van der Waals surface area (Å²) in [5, 5.41) is 2.33. The third-order valence-electron chi connectivity index (χ3n) is 2.73. The molecule has 1 saturated heterocycles. The molecule has 0 aliphatic carbocycles. The summed E-state index contributed by atoms with van der Waals surface area (Å²) in [6.45, 7) is 7.82. The number of urea groups is 1. The summed E-state index contributed by atoms with van der Waals surface area (Å²) in [6, 6.07) is -0.606. The van der Waals surface area contributed by atoms with Crippen LogP contribution in [-0.4, -0.2) is 28.4 Å². The van der Waals surface area contributed by atoms with E-state index in [0.29, 0.717) is 0 Å². The van der Waals surface area contributed by atoms with E-state index in [0.717, 1.165) is 12.8 Å². The predicted octanol–water partition coefficient (Wildman–Crippen LogP) is 1.51. The number of rotatable bonds is 3. The molecule has 0 spiro atoms. The smallest absolute Gasteiger partial charge is 0.308 e. The highest BCUT2D eigenvalue weighted by molar-refractivity contribution is 6.04. The van der Waals surface area contributed by atoms with Gasteiger partial charge >= 0.3 is 6.03 Å². The van der Waals surface area contributed by atoms with Crippen LogP contribution in [0.5, 0.6) is 0 Å². The Balaban J connectivity index is 2.86. The van der Waals surface area contributed by atoms with E-state index in [-0.39, 0.29) is 23.5 Å². The summed E-state index contributed by atoms with van der Waals surface area (Å²) >= 11 is 0. The van der Waals surface area contributed by atoms with Crippen LogP contribution in [0.15, 0.2) is 0 Å². The molecular formula is C10H18N2O2. The molecule has 0 radical (unpaired) electrons. The molecule has 0 unspecified atom stereocenters. The lowest BCUT2D eigenvalue weighted by atomic mass is 9.95. The van der Waals surface area contributed by atoms with Crippen LogP contribution in [0, 0.1) is 0 Å². The van der Waals surface area contributed by atoms with Gasteiger partial charge in [0.2, 0.25) is 0 Å². The van der Waals surface area contributed by atoms with Crippen molar-refractivity contribution >= 4 is 11.9 Å². The van der Waals surface area contributed by atoms with Gasteiger partial charge in [0.1, 0.15) is 6.04 Å². The van der Waals surface area contributed by atoms with Crippen molar-refractivity contribution in [2.75, 3.05) is 0 Å². The van der Waals surface area contributed by atoms with Crippen LogP contribution in [0.4, 0.5) is 4.79 Å². The predicted molar refractivity (Wildman–Crippen MR) is 53.8 cm³/mol.